The Bertz CT molecular complexity index is 325. The minimum Gasteiger partial charge on any atom is -0.300 e. The van der Waals surface area contributed by atoms with Gasteiger partial charge in [-0.3, -0.25) is 0 Å². The Morgan fingerprint density at radius 3 is 1.93 bits per heavy atom. The molecule has 15 heavy (non-hydrogen) atoms. The number of carbonyl (C=O) groups is 1. The van der Waals surface area contributed by atoms with E-state index >= 15 is 0 Å². The summed E-state index contributed by atoms with van der Waals surface area (Å²) in [6.07, 6.45) is -4.22. The van der Waals surface area contributed by atoms with Gasteiger partial charge >= 0.3 is 6.18 Å². The van der Waals surface area contributed by atoms with E-state index in [1.807, 2.05) is 0 Å². The van der Waals surface area contributed by atoms with Gasteiger partial charge in [0.15, 0.2) is 0 Å². The number of rotatable bonds is 0. The van der Waals surface area contributed by atoms with Crippen LogP contribution in [-0.2, 0) is 11.0 Å². The van der Waals surface area contributed by atoms with Crippen LogP contribution >= 0.6 is 0 Å². The molecule has 0 saturated carbocycles. The maximum Gasteiger partial charge on any atom is 0.416 e. The fourth-order valence-corrected chi connectivity index (χ4v) is 0.821. The minimum atomic E-state index is -4.22. The molecule has 1 rings (SSSR count). The lowest BCUT2D eigenvalue weighted by Crippen LogP contribution is -2.04. The molecule has 0 aliphatic heterocycles. The highest BCUT2D eigenvalue weighted by atomic mass is 19.4. The van der Waals surface area contributed by atoms with Gasteiger partial charge in [-0.15, -0.1) is 0 Å². The molecule has 0 amide bonds. The lowest BCUT2D eigenvalue weighted by molar-refractivity contribution is -0.137. The maximum absolute atomic E-state index is 12.0. The van der Waals surface area contributed by atoms with Crippen LogP contribution in [0.1, 0.15) is 25.0 Å². The molecule has 1 aromatic carbocycles. The Morgan fingerprint density at radius 2 is 1.67 bits per heavy atom. The summed E-state index contributed by atoms with van der Waals surface area (Å²) in [6.45, 7) is 4.69. The zero-order valence-electron chi connectivity index (χ0n) is 8.85. The van der Waals surface area contributed by atoms with Crippen molar-refractivity contribution in [1.29, 1.82) is 0 Å². The second kappa shape index (κ2) is 5.53. The molecular weight excluding hydrogens is 205 g/mol. The van der Waals surface area contributed by atoms with Crippen LogP contribution in [0.15, 0.2) is 24.3 Å². The van der Waals surface area contributed by atoms with Gasteiger partial charge in [0.1, 0.15) is 5.78 Å². The summed E-state index contributed by atoms with van der Waals surface area (Å²) in [6, 6.07) is 5.22. The molecule has 0 saturated heterocycles. The lowest BCUT2D eigenvalue weighted by Gasteiger charge is -2.05. The number of hydrogen-bond donors (Lipinski definition) is 0. The van der Waals surface area contributed by atoms with Gasteiger partial charge in [-0.1, -0.05) is 23.8 Å². The van der Waals surface area contributed by atoms with E-state index in [2.05, 4.69) is 0 Å². The third kappa shape index (κ3) is 6.71. The Labute approximate surface area is 86.9 Å². The van der Waals surface area contributed by atoms with E-state index in [1.54, 1.807) is 13.0 Å². The van der Waals surface area contributed by atoms with E-state index in [-0.39, 0.29) is 5.78 Å². The van der Waals surface area contributed by atoms with Crippen LogP contribution in [0, 0.1) is 6.92 Å². The van der Waals surface area contributed by atoms with Crippen molar-refractivity contribution in [3.05, 3.63) is 35.4 Å². The van der Waals surface area contributed by atoms with Crippen LogP contribution < -0.4 is 0 Å². The van der Waals surface area contributed by atoms with Crippen LogP contribution in [-0.4, -0.2) is 5.78 Å². The van der Waals surface area contributed by atoms with Gasteiger partial charge in [0.25, 0.3) is 0 Å². The van der Waals surface area contributed by atoms with Crippen molar-refractivity contribution >= 4 is 5.78 Å². The maximum atomic E-state index is 12.0. The fraction of sp³-hybridized carbons (Fsp3) is 0.364. The minimum absolute atomic E-state index is 0.167. The molecule has 1 nitrogen and oxygen atoms in total. The monoisotopic (exact) mass is 218 g/mol. The number of alkyl halides is 3. The standard InChI is InChI=1S/C8H7F3.C3H6O/c1-6-3-2-4-7(5-6)8(9,10)11;1-3(2)4/h2-5H,1H3;1-2H3. The van der Waals surface area contributed by atoms with Gasteiger partial charge in [-0.25, -0.2) is 0 Å². The van der Waals surface area contributed by atoms with Crippen molar-refractivity contribution in [2.24, 2.45) is 0 Å². The fourth-order valence-electron chi connectivity index (χ4n) is 0.821. The predicted molar refractivity (Wildman–Crippen MR) is 52.5 cm³/mol. The topological polar surface area (TPSA) is 17.1 Å². The summed E-state index contributed by atoms with van der Waals surface area (Å²) in [5.74, 6) is 0.167. The van der Waals surface area contributed by atoms with Crippen molar-refractivity contribution in [2.75, 3.05) is 0 Å². The molecule has 84 valence electrons. The van der Waals surface area contributed by atoms with Gasteiger partial charge in [-0.05, 0) is 26.8 Å². The number of halogens is 3. The molecular formula is C11H13F3O. The molecule has 0 aromatic heterocycles. The Kier molecular flexibility index (Phi) is 5.05. The Hall–Kier alpha value is -1.32. The quantitative estimate of drug-likeness (QED) is 0.650. The Balaban J connectivity index is 0.000000423. The Morgan fingerprint density at radius 1 is 1.20 bits per heavy atom. The molecule has 0 unspecified atom stereocenters. The third-order valence-corrected chi connectivity index (χ3v) is 1.35. The molecule has 0 N–H and O–H groups in total. The van der Waals surface area contributed by atoms with Crippen LogP contribution in [0.25, 0.3) is 0 Å². The molecule has 0 atom stereocenters. The molecule has 0 aliphatic carbocycles. The number of ketones is 1. The highest BCUT2D eigenvalue weighted by Crippen LogP contribution is 2.29. The number of benzene rings is 1. The summed E-state index contributed by atoms with van der Waals surface area (Å²) in [4.78, 5) is 9.44. The molecule has 4 heteroatoms. The van der Waals surface area contributed by atoms with E-state index in [9.17, 15) is 18.0 Å². The van der Waals surface area contributed by atoms with Crippen molar-refractivity contribution in [3.63, 3.8) is 0 Å². The second-order valence-corrected chi connectivity index (χ2v) is 3.28. The van der Waals surface area contributed by atoms with Crippen LogP contribution in [0.4, 0.5) is 13.2 Å². The van der Waals surface area contributed by atoms with Crippen LogP contribution in [0.2, 0.25) is 0 Å². The van der Waals surface area contributed by atoms with Crippen molar-refractivity contribution < 1.29 is 18.0 Å². The first kappa shape index (κ1) is 13.7. The van der Waals surface area contributed by atoms with Gasteiger partial charge in [0.2, 0.25) is 0 Å². The highest BCUT2D eigenvalue weighted by Gasteiger charge is 2.29. The lowest BCUT2D eigenvalue weighted by atomic mass is 10.1. The largest absolute Gasteiger partial charge is 0.416 e. The van der Waals surface area contributed by atoms with Crippen LogP contribution in [0.5, 0.6) is 0 Å². The molecule has 0 aliphatic rings. The van der Waals surface area contributed by atoms with Crippen molar-refractivity contribution in [3.8, 4) is 0 Å². The van der Waals surface area contributed by atoms with Gasteiger partial charge in [0.05, 0.1) is 5.56 Å². The zero-order valence-corrected chi connectivity index (χ0v) is 8.85. The molecule has 0 heterocycles. The number of aryl methyl sites for hydroxylation is 1. The third-order valence-electron chi connectivity index (χ3n) is 1.35. The predicted octanol–water partition coefficient (Wildman–Crippen LogP) is 3.61. The molecule has 0 spiro atoms. The summed E-state index contributed by atoms with van der Waals surface area (Å²) in [5.41, 5.74) is 0.0392. The van der Waals surface area contributed by atoms with Gasteiger partial charge in [-0.2, -0.15) is 13.2 Å². The first-order valence-corrected chi connectivity index (χ1v) is 4.34. The molecule has 1 aromatic rings. The van der Waals surface area contributed by atoms with Crippen molar-refractivity contribution in [1.82, 2.24) is 0 Å². The van der Waals surface area contributed by atoms with Crippen LogP contribution in [0.3, 0.4) is 0 Å². The molecule has 0 radical (unpaired) electrons. The summed E-state index contributed by atoms with van der Waals surface area (Å²) >= 11 is 0. The van der Waals surface area contributed by atoms with Crippen molar-refractivity contribution in [2.45, 2.75) is 26.9 Å². The zero-order chi connectivity index (χ0) is 12.1. The highest BCUT2D eigenvalue weighted by molar-refractivity contribution is 5.72. The molecule has 0 bridgehead atoms. The van der Waals surface area contributed by atoms with E-state index in [1.165, 1.54) is 19.9 Å². The SMILES string of the molecule is CC(C)=O.Cc1cccc(C(F)(F)F)c1. The number of carbonyl (C=O) groups excluding carboxylic acids is 1. The summed E-state index contributed by atoms with van der Waals surface area (Å²) in [7, 11) is 0. The first-order chi connectivity index (χ1) is 6.73. The average molecular weight is 218 g/mol. The smallest absolute Gasteiger partial charge is 0.300 e. The normalized spacial score (nSPS) is 10.3. The van der Waals surface area contributed by atoms with E-state index < -0.39 is 11.7 Å². The number of hydrogen-bond acceptors (Lipinski definition) is 1. The van der Waals surface area contributed by atoms with E-state index in [4.69, 9.17) is 0 Å². The van der Waals surface area contributed by atoms with Gasteiger partial charge in [0, 0.05) is 0 Å². The second-order valence-electron chi connectivity index (χ2n) is 3.28. The van der Waals surface area contributed by atoms with Gasteiger partial charge < -0.3 is 4.79 Å². The summed E-state index contributed by atoms with van der Waals surface area (Å²) in [5, 5.41) is 0. The van der Waals surface area contributed by atoms with E-state index in [0.29, 0.717) is 5.56 Å². The first-order valence-electron chi connectivity index (χ1n) is 4.34. The van der Waals surface area contributed by atoms with E-state index in [0.717, 1.165) is 12.1 Å². The summed E-state index contributed by atoms with van der Waals surface area (Å²) < 4.78 is 35.9. The molecule has 0 fully saturated rings. The number of Topliss-reactive ketones (excluding diaryl/α,β-unsaturated/α-hetero) is 1. The average Bonchev–Trinajstić information content (AvgIpc) is 2.01.